The zero-order valence-electron chi connectivity index (χ0n) is 11.6. The van der Waals surface area contributed by atoms with Gasteiger partial charge < -0.3 is 10.2 Å². The van der Waals surface area contributed by atoms with Crippen LogP contribution < -0.4 is 5.32 Å². The quantitative estimate of drug-likeness (QED) is 0.860. The van der Waals surface area contributed by atoms with Gasteiger partial charge in [-0.25, -0.2) is 0 Å². The third kappa shape index (κ3) is 2.45. The molecule has 0 unspecified atom stereocenters. The van der Waals surface area contributed by atoms with E-state index in [2.05, 4.69) is 48.3 Å². The molecule has 1 saturated heterocycles. The summed E-state index contributed by atoms with van der Waals surface area (Å²) in [6.45, 7) is 8.36. The van der Waals surface area contributed by atoms with Crippen molar-refractivity contribution in [2.24, 2.45) is 0 Å². The molecule has 0 radical (unpaired) electrons. The predicted molar refractivity (Wildman–Crippen MR) is 75.8 cm³/mol. The van der Waals surface area contributed by atoms with Crippen LogP contribution in [0.2, 0.25) is 0 Å². The van der Waals surface area contributed by atoms with Gasteiger partial charge in [-0.05, 0) is 57.3 Å². The molecule has 0 saturated carbocycles. The maximum atomic E-state index is 3.83. The normalized spacial score (nSPS) is 27.1. The standard InChI is InChI=1S/C16H24N2/c1-16(2)11-13-7-3-4-8-14(13)15(17-16)12-18-9-5-6-10-18/h3-4,7-8,15,17H,5-6,9-12H2,1-2H3/t15-/m0/s1. The molecule has 0 aromatic heterocycles. The average molecular weight is 244 g/mol. The summed E-state index contributed by atoms with van der Waals surface area (Å²) in [6.07, 6.45) is 3.88. The third-order valence-corrected chi connectivity index (χ3v) is 4.27. The molecule has 0 bridgehead atoms. The highest BCUT2D eigenvalue weighted by atomic mass is 15.2. The second-order valence-corrected chi connectivity index (χ2v) is 6.46. The molecule has 1 aromatic carbocycles. The van der Waals surface area contributed by atoms with Crippen LogP contribution in [-0.4, -0.2) is 30.1 Å². The summed E-state index contributed by atoms with van der Waals surface area (Å²) in [7, 11) is 0. The molecule has 3 rings (SSSR count). The van der Waals surface area contributed by atoms with Crippen LogP contribution in [0, 0.1) is 0 Å². The summed E-state index contributed by atoms with van der Waals surface area (Å²) in [6, 6.07) is 9.46. The van der Waals surface area contributed by atoms with Crippen LogP contribution in [0.3, 0.4) is 0 Å². The first-order chi connectivity index (χ1) is 8.64. The second kappa shape index (κ2) is 4.67. The van der Waals surface area contributed by atoms with Crippen LogP contribution in [0.1, 0.15) is 43.9 Å². The molecular weight excluding hydrogens is 220 g/mol. The van der Waals surface area contributed by atoms with Crippen molar-refractivity contribution in [3.63, 3.8) is 0 Å². The van der Waals surface area contributed by atoms with Crippen LogP contribution in [0.15, 0.2) is 24.3 Å². The molecule has 2 aliphatic rings. The van der Waals surface area contributed by atoms with Crippen LogP contribution in [0.5, 0.6) is 0 Å². The lowest BCUT2D eigenvalue weighted by Crippen LogP contribution is -2.50. The summed E-state index contributed by atoms with van der Waals surface area (Å²) >= 11 is 0. The average Bonchev–Trinajstić information content (AvgIpc) is 2.80. The lowest BCUT2D eigenvalue weighted by molar-refractivity contribution is 0.235. The first-order valence-corrected chi connectivity index (χ1v) is 7.22. The molecular formula is C16H24N2. The van der Waals surface area contributed by atoms with E-state index < -0.39 is 0 Å². The smallest absolute Gasteiger partial charge is 0.0456 e. The van der Waals surface area contributed by atoms with Crippen molar-refractivity contribution in [1.29, 1.82) is 0 Å². The van der Waals surface area contributed by atoms with E-state index in [9.17, 15) is 0 Å². The number of rotatable bonds is 2. The maximum absolute atomic E-state index is 3.83. The number of hydrogen-bond donors (Lipinski definition) is 1. The minimum atomic E-state index is 0.221. The lowest BCUT2D eigenvalue weighted by Gasteiger charge is -2.40. The highest BCUT2D eigenvalue weighted by molar-refractivity contribution is 5.34. The number of likely N-dealkylation sites (tertiary alicyclic amines) is 1. The van der Waals surface area contributed by atoms with E-state index >= 15 is 0 Å². The molecule has 98 valence electrons. The molecule has 18 heavy (non-hydrogen) atoms. The number of fused-ring (bicyclic) bond motifs is 1. The number of nitrogens with one attached hydrogen (secondary N) is 1. The Balaban J connectivity index is 1.84. The fraction of sp³-hybridized carbons (Fsp3) is 0.625. The zero-order valence-corrected chi connectivity index (χ0v) is 11.6. The van der Waals surface area contributed by atoms with Gasteiger partial charge in [-0.3, -0.25) is 0 Å². The molecule has 0 aliphatic carbocycles. The molecule has 1 fully saturated rings. The summed E-state index contributed by atoms with van der Waals surface area (Å²) < 4.78 is 0. The minimum absolute atomic E-state index is 0.221. The van der Waals surface area contributed by atoms with Gasteiger partial charge in [-0.1, -0.05) is 24.3 Å². The Labute approximate surface area is 110 Å². The zero-order chi connectivity index (χ0) is 12.6. The van der Waals surface area contributed by atoms with E-state index in [-0.39, 0.29) is 5.54 Å². The maximum Gasteiger partial charge on any atom is 0.0456 e. The highest BCUT2D eigenvalue weighted by Crippen LogP contribution is 2.31. The molecule has 2 heterocycles. The van der Waals surface area contributed by atoms with Gasteiger partial charge in [0.1, 0.15) is 0 Å². The van der Waals surface area contributed by atoms with Gasteiger partial charge in [0.15, 0.2) is 0 Å². The summed E-state index contributed by atoms with van der Waals surface area (Å²) in [5.41, 5.74) is 3.27. The van der Waals surface area contributed by atoms with Crippen molar-refractivity contribution in [1.82, 2.24) is 10.2 Å². The van der Waals surface area contributed by atoms with Crippen molar-refractivity contribution in [2.45, 2.75) is 44.7 Å². The Hall–Kier alpha value is -0.860. The van der Waals surface area contributed by atoms with E-state index in [4.69, 9.17) is 0 Å². The van der Waals surface area contributed by atoms with Gasteiger partial charge in [0.2, 0.25) is 0 Å². The molecule has 0 spiro atoms. The molecule has 2 nitrogen and oxygen atoms in total. The molecule has 2 heteroatoms. The van der Waals surface area contributed by atoms with Crippen LogP contribution in [0.4, 0.5) is 0 Å². The SMILES string of the molecule is CC1(C)Cc2ccccc2[C@H](CN2CCCC2)N1. The highest BCUT2D eigenvalue weighted by Gasteiger charge is 2.32. The Bertz CT molecular complexity index is 419. The fourth-order valence-corrected chi connectivity index (χ4v) is 3.48. The van der Waals surface area contributed by atoms with Crippen LogP contribution >= 0.6 is 0 Å². The molecule has 1 atom stereocenters. The number of hydrogen-bond acceptors (Lipinski definition) is 2. The topological polar surface area (TPSA) is 15.3 Å². The minimum Gasteiger partial charge on any atom is -0.303 e. The van der Waals surface area contributed by atoms with Crippen LogP contribution in [0.25, 0.3) is 0 Å². The predicted octanol–water partition coefficient (Wildman–Crippen LogP) is 2.75. The summed E-state index contributed by atoms with van der Waals surface area (Å²) in [5.74, 6) is 0. The van der Waals surface area contributed by atoms with E-state index in [1.807, 2.05) is 0 Å². The third-order valence-electron chi connectivity index (χ3n) is 4.27. The lowest BCUT2D eigenvalue weighted by atomic mass is 9.83. The Kier molecular flexibility index (Phi) is 3.16. The fourth-order valence-electron chi connectivity index (χ4n) is 3.48. The van der Waals surface area contributed by atoms with Gasteiger partial charge in [-0.2, -0.15) is 0 Å². The molecule has 1 aromatic rings. The van der Waals surface area contributed by atoms with Crippen molar-refractivity contribution in [2.75, 3.05) is 19.6 Å². The van der Waals surface area contributed by atoms with Gasteiger partial charge in [0, 0.05) is 18.1 Å². The van der Waals surface area contributed by atoms with Crippen molar-refractivity contribution in [3.05, 3.63) is 35.4 Å². The van der Waals surface area contributed by atoms with Crippen molar-refractivity contribution < 1.29 is 0 Å². The first kappa shape index (κ1) is 12.2. The van der Waals surface area contributed by atoms with E-state index in [1.165, 1.54) is 43.6 Å². The monoisotopic (exact) mass is 244 g/mol. The summed E-state index contributed by atoms with van der Waals surface area (Å²) in [4.78, 5) is 2.61. The molecule has 1 N–H and O–H groups in total. The van der Waals surface area contributed by atoms with E-state index in [1.54, 1.807) is 0 Å². The number of nitrogens with zero attached hydrogens (tertiary/aromatic N) is 1. The van der Waals surface area contributed by atoms with E-state index in [0.717, 1.165) is 6.42 Å². The van der Waals surface area contributed by atoms with Gasteiger partial charge in [-0.15, -0.1) is 0 Å². The number of benzene rings is 1. The molecule has 0 amide bonds. The summed E-state index contributed by atoms with van der Waals surface area (Å²) in [5, 5.41) is 3.83. The van der Waals surface area contributed by atoms with Crippen molar-refractivity contribution in [3.8, 4) is 0 Å². The molecule has 2 aliphatic heterocycles. The van der Waals surface area contributed by atoms with E-state index in [0.29, 0.717) is 6.04 Å². The van der Waals surface area contributed by atoms with Gasteiger partial charge >= 0.3 is 0 Å². The van der Waals surface area contributed by atoms with Crippen molar-refractivity contribution >= 4 is 0 Å². The largest absolute Gasteiger partial charge is 0.303 e. The first-order valence-electron chi connectivity index (χ1n) is 7.22. The second-order valence-electron chi connectivity index (χ2n) is 6.46. The Morgan fingerprint density at radius 2 is 1.94 bits per heavy atom. The Morgan fingerprint density at radius 1 is 1.22 bits per heavy atom. The van der Waals surface area contributed by atoms with Gasteiger partial charge in [0.05, 0.1) is 0 Å². The Morgan fingerprint density at radius 3 is 2.72 bits per heavy atom. The van der Waals surface area contributed by atoms with Crippen LogP contribution in [-0.2, 0) is 6.42 Å². The van der Waals surface area contributed by atoms with Gasteiger partial charge in [0.25, 0.3) is 0 Å².